The van der Waals surface area contributed by atoms with Gasteiger partial charge in [0.2, 0.25) is 0 Å². The molecule has 3 saturated carbocycles. The number of likely N-dealkylation sites (N-methyl/N-ethyl adjacent to an activating group) is 2. The monoisotopic (exact) mass is 654 g/mol. The van der Waals surface area contributed by atoms with Crippen molar-refractivity contribution >= 4 is 24.4 Å². The average molecular weight is 655 g/mol. The minimum Gasteiger partial charge on any atom is -0.448 e. The van der Waals surface area contributed by atoms with Gasteiger partial charge in [-0.05, 0) is 104 Å². The first-order chi connectivity index (χ1) is 21.8. The molecule has 0 atom stereocenters. The molecule has 0 radical (unpaired) electrons. The molecule has 0 heterocycles. The van der Waals surface area contributed by atoms with Crippen molar-refractivity contribution in [2.45, 2.75) is 139 Å². The third-order valence-corrected chi connectivity index (χ3v) is 9.66. The largest absolute Gasteiger partial charge is 0.448 e. The Balaban J connectivity index is 1.26. The molecule has 3 aliphatic carbocycles. The van der Waals surface area contributed by atoms with Gasteiger partial charge in [0.1, 0.15) is 25.4 Å². The number of hydrogen-bond acceptors (Lipinski definition) is 10. The molecule has 0 saturated heterocycles. The first kappa shape index (κ1) is 37.5. The lowest BCUT2D eigenvalue weighted by Gasteiger charge is -2.36. The van der Waals surface area contributed by atoms with Crippen LogP contribution in [0.3, 0.4) is 0 Å². The van der Waals surface area contributed by atoms with Gasteiger partial charge in [0, 0.05) is 37.3 Å². The van der Waals surface area contributed by atoms with E-state index in [2.05, 4.69) is 10.6 Å². The lowest BCUT2D eigenvalue weighted by Crippen LogP contribution is -2.50. The van der Waals surface area contributed by atoms with Crippen molar-refractivity contribution in [1.82, 2.24) is 20.4 Å². The maximum atomic E-state index is 12.6. The first-order valence-corrected chi connectivity index (χ1v) is 17.0. The number of carbonyl (C=O) groups is 4. The molecule has 0 aromatic rings. The Morgan fingerprint density at radius 1 is 0.630 bits per heavy atom. The maximum Gasteiger partial charge on any atom is 0.409 e. The molecule has 0 unspecified atom stereocenters. The summed E-state index contributed by atoms with van der Waals surface area (Å²) in [5, 5.41) is 5.88. The van der Waals surface area contributed by atoms with Crippen molar-refractivity contribution < 1.29 is 38.1 Å². The second-order valence-corrected chi connectivity index (χ2v) is 14.0. The van der Waals surface area contributed by atoms with Crippen molar-refractivity contribution in [2.75, 3.05) is 40.4 Å². The van der Waals surface area contributed by atoms with Gasteiger partial charge in [0.25, 0.3) is 0 Å². The molecule has 0 bridgehead atoms. The number of alkyl carbamates (subject to hydrolysis) is 2. The SMILES string of the molecule is CN(CCOC(=O)NC1(C)CCC(N)CC1)C(=O)OC1CCCC(OC(=O)N(C)CCOC(=O)NC2(C)CCC(N)CC2)CCC1. The van der Waals surface area contributed by atoms with Crippen LogP contribution in [0.15, 0.2) is 0 Å². The Bertz CT molecular complexity index is 913. The fraction of sp³-hybridized carbons (Fsp3) is 0.875. The van der Waals surface area contributed by atoms with E-state index in [1.807, 2.05) is 13.8 Å². The lowest BCUT2D eigenvalue weighted by molar-refractivity contribution is 0.0279. The summed E-state index contributed by atoms with van der Waals surface area (Å²) in [7, 11) is 3.24. The summed E-state index contributed by atoms with van der Waals surface area (Å²) in [6.07, 6.45) is 8.48. The number of nitrogens with one attached hydrogen (secondary N) is 2. The van der Waals surface area contributed by atoms with Gasteiger partial charge in [0.15, 0.2) is 0 Å². The molecule has 3 fully saturated rings. The van der Waals surface area contributed by atoms with Crippen LogP contribution in [0.2, 0.25) is 0 Å². The third kappa shape index (κ3) is 13.0. The van der Waals surface area contributed by atoms with Crippen molar-refractivity contribution in [3.8, 4) is 0 Å². The Hall–Kier alpha value is -3.00. The maximum absolute atomic E-state index is 12.6. The molecule has 0 aromatic carbocycles. The number of ether oxygens (including phenoxy) is 4. The second kappa shape index (κ2) is 17.8. The van der Waals surface area contributed by atoms with Gasteiger partial charge in [-0.1, -0.05) is 0 Å². The molecule has 264 valence electrons. The summed E-state index contributed by atoms with van der Waals surface area (Å²) >= 11 is 0. The molecule has 0 aliphatic heterocycles. The van der Waals surface area contributed by atoms with Gasteiger partial charge in [-0.25, -0.2) is 19.2 Å². The highest BCUT2D eigenvalue weighted by atomic mass is 16.6. The minimum absolute atomic E-state index is 0.0630. The molecule has 3 rings (SSSR count). The Morgan fingerprint density at radius 2 is 0.957 bits per heavy atom. The Labute approximate surface area is 273 Å². The average Bonchev–Trinajstić information content (AvgIpc) is 2.98. The molecular formula is C32H58N6O8. The van der Waals surface area contributed by atoms with Crippen LogP contribution in [-0.4, -0.2) is 110 Å². The summed E-state index contributed by atoms with van der Waals surface area (Å²) in [5.74, 6) is 0. The predicted octanol–water partition coefficient (Wildman–Crippen LogP) is 3.99. The highest BCUT2D eigenvalue weighted by molar-refractivity contribution is 5.69. The topological polar surface area (TPSA) is 188 Å². The van der Waals surface area contributed by atoms with E-state index in [4.69, 9.17) is 30.4 Å². The molecule has 6 N–H and O–H groups in total. The summed E-state index contributed by atoms with van der Waals surface area (Å²) in [6.45, 7) is 4.56. The lowest BCUT2D eigenvalue weighted by atomic mass is 9.81. The minimum atomic E-state index is -0.493. The fourth-order valence-corrected chi connectivity index (χ4v) is 6.24. The Morgan fingerprint density at radius 3 is 1.28 bits per heavy atom. The van der Waals surface area contributed by atoms with Gasteiger partial charge < -0.3 is 50.8 Å². The van der Waals surface area contributed by atoms with Crippen LogP contribution in [0.25, 0.3) is 0 Å². The third-order valence-electron chi connectivity index (χ3n) is 9.66. The summed E-state index contributed by atoms with van der Waals surface area (Å²) in [5.41, 5.74) is 11.3. The van der Waals surface area contributed by atoms with Crippen molar-refractivity contribution in [3.05, 3.63) is 0 Å². The normalized spacial score (nSPS) is 30.0. The zero-order valence-corrected chi connectivity index (χ0v) is 28.4. The van der Waals surface area contributed by atoms with Crippen LogP contribution in [-0.2, 0) is 18.9 Å². The standard InChI is InChI=1S/C32H58N6O8/c1-31(15-11-23(33)12-16-31)35-27(39)43-21-19-37(3)29(41)45-25-7-5-9-26(10-6-8-25)46-30(42)38(4)20-22-44-28(40)36-32(2)17-13-24(34)14-18-32/h23-26H,5-22,33-34H2,1-4H3,(H,35,39)(H,36,40). The van der Waals surface area contributed by atoms with Gasteiger partial charge >= 0.3 is 24.4 Å². The summed E-state index contributed by atoms with van der Waals surface area (Å²) < 4.78 is 22.1. The molecular weight excluding hydrogens is 596 g/mol. The van der Waals surface area contributed by atoms with Crippen LogP contribution >= 0.6 is 0 Å². The second-order valence-electron chi connectivity index (χ2n) is 14.0. The van der Waals surface area contributed by atoms with E-state index in [1.54, 1.807) is 14.1 Å². The Kier molecular flexibility index (Phi) is 14.5. The van der Waals surface area contributed by atoms with Gasteiger partial charge in [0.05, 0.1) is 13.1 Å². The van der Waals surface area contributed by atoms with Crippen molar-refractivity contribution in [2.24, 2.45) is 11.5 Å². The highest BCUT2D eigenvalue weighted by Gasteiger charge is 2.33. The van der Waals surface area contributed by atoms with Crippen LogP contribution in [0.1, 0.15) is 104 Å². The molecule has 3 aliphatic rings. The molecule has 14 nitrogen and oxygen atoms in total. The molecule has 4 amide bonds. The number of carbonyl (C=O) groups excluding carboxylic acids is 4. The fourth-order valence-electron chi connectivity index (χ4n) is 6.24. The van der Waals surface area contributed by atoms with Crippen molar-refractivity contribution in [1.29, 1.82) is 0 Å². The number of nitrogens with zero attached hydrogens (tertiary/aromatic N) is 2. The van der Waals surface area contributed by atoms with Crippen molar-refractivity contribution in [3.63, 3.8) is 0 Å². The van der Waals surface area contributed by atoms with E-state index >= 15 is 0 Å². The predicted molar refractivity (Wildman–Crippen MR) is 172 cm³/mol. The summed E-state index contributed by atoms with van der Waals surface area (Å²) in [6, 6.07) is 0.369. The molecule has 0 aromatic heterocycles. The molecule has 14 heteroatoms. The van der Waals surface area contributed by atoms with E-state index in [-0.39, 0.29) is 61.7 Å². The van der Waals surface area contributed by atoms with E-state index in [9.17, 15) is 19.2 Å². The van der Waals surface area contributed by atoms with E-state index in [1.165, 1.54) is 9.80 Å². The highest BCUT2D eigenvalue weighted by Crippen LogP contribution is 2.28. The van der Waals surface area contributed by atoms with Crippen LogP contribution in [0, 0.1) is 0 Å². The first-order valence-electron chi connectivity index (χ1n) is 17.0. The molecule has 46 heavy (non-hydrogen) atoms. The number of amides is 4. The zero-order valence-electron chi connectivity index (χ0n) is 28.4. The van der Waals surface area contributed by atoms with Gasteiger partial charge in [-0.3, -0.25) is 0 Å². The zero-order chi connectivity index (χ0) is 33.7. The number of rotatable bonds is 10. The van der Waals surface area contributed by atoms with Crippen LogP contribution in [0.4, 0.5) is 19.2 Å². The van der Waals surface area contributed by atoms with E-state index in [0.717, 1.165) is 64.2 Å². The van der Waals surface area contributed by atoms with Crippen LogP contribution < -0.4 is 22.1 Å². The summed E-state index contributed by atoms with van der Waals surface area (Å²) in [4.78, 5) is 52.6. The molecule has 0 spiro atoms. The number of nitrogens with two attached hydrogens (primary N) is 2. The number of hydrogen-bond donors (Lipinski definition) is 4. The van der Waals surface area contributed by atoms with Gasteiger partial charge in [-0.15, -0.1) is 0 Å². The van der Waals surface area contributed by atoms with E-state index < -0.39 is 24.4 Å². The quantitative estimate of drug-likeness (QED) is 0.251. The van der Waals surface area contributed by atoms with Crippen LogP contribution in [0.5, 0.6) is 0 Å². The van der Waals surface area contributed by atoms with E-state index in [0.29, 0.717) is 25.7 Å². The van der Waals surface area contributed by atoms with Gasteiger partial charge in [-0.2, -0.15) is 0 Å². The smallest absolute Gasteiger partial charge is 0.409 e.